The molecule has 1 aromatic carbocycles. The first kappa shape index (κ1) is 12.4. The van der Waals surface area contributed by atoms with Gasteiger partial charge in [0.2, 0.25) is 5.95 Å². The number of hydrogen-bond donors (Lipinski definition) is 2. The molecule has 0 saturated carbocycles. The lowest BCUT2D eigenvalue weighted by molar-refractivity contribution is 0.361. The number of aromatic nitrogens is 2. The van der Waals surface area contributed by atoms with Crippen molar-refractivity contribution in [3.05, 3.63) is 35.0 Å². The van der Waals surface area contributed by atoms with Crippen molar-refractivity contribution < 1.29 is 9.84 Å². The van der Waals surface area contributed by atoms with E-state index >= 15 is 0 Å². The molecule has 0 radical (unpaired) electrons. The number of halogens is 1. The van der Waals surface area contributed by atoms with E-state index in [4.69, 9.17) is 16.3 Å². The number of methoxy groups -OCH3 is 1. The largest absolute Gasteiger partial charge is 0.491 e. The van der Waals surface area contributed by atoms with Gasteiger partial charge in [0.1, 0.15) is 0 Å². The lowest BCUT2D eigenvalue weighted by Crippen LogP contribution is -1.99. The molecule has 0 unspecified atom stereocenters. The predicted molar refractivity (Wildman–Crippen MR) is 69.7 cm³/mol. The fourth-order valence-electron chi connectivity index (χ4n) is 1.43. The minimum Gasteiger partial charge on any atom is -0.491 e. The molecule has 0 saturated heterocycles. The molecule has 0 amide bonds. The van der Waals surface area contributed by atoms with Crippen LogP contribution in [0.3, 0.4) is 0 Å². The van der Waals surface area contributed by atoms with Crippen molar-refractivity contribution in [1.29, 1.82) is 0 Å². The van der Waals surface area contributed by atoms with Crippen molar-refractivity contribution >= 4 is 23.2 Å². The van der Waals surface area contributed by atoms with Crippen LogP contribution in [0.4, 0.5) is 11.6 Å². The van der Waals surface area contributed by atoms with E-state index in [2.05, 4.69) is 15.3 Å². The zero-order chi connectivity index (χ0) is 13.1. The number of hydrogen-bond acceptors (Lipinski definition) is 5. The van der Waals surface area contributed by atoms with E-state index in [0.717, 1.165) is 11.3 Å². The topological polar surface area (TPSA) is 67.3 Å². The minimum atomic E-state index is -0.213. The number of ether oxygens (including phenoxy) is 1. The highest BCUT2D eigenvalue weighted by molar-refractivity contribution is 6.31. The van der Waals surface area contributed by atoms with Gasteiger partial charge in [0.05, 0.1) is 13.3 Å². The van der Waals surface area contributed by atoms with Crippen molar-refractivity contribution in [2.45, 2.75) is 6.92 Å². The van der Waals surface area contributed by atoms with E-state index in [1.54, 1.807) is 6.07 Å². The maximum Gasteiger partial charge on any atom is 0.259 e. The van der Waals surface area contributed by atoms with Crippen molar-refractivity contribution in [3.63, 3.8) is 0 Å². The molecule has 2 rings (SSSR count). The Hall–Kier alpha value is -2.01. The third kappa shape index (κ3) is 2.46. The molecule has 0 aliphatic carbocycles. The average Bonchev–Trinajstić information content (AvgIpc) is 2.35. The Morgan fingerprint density at radius 2 is 2.17 bits per heavy atom. The summed E-state index contributed by atoms with van der Waals surface area (Å²) < 4.78 is 4.87. The number of rotatable bonds is 3. The summed E-state index contributed by atoms with van der Waals surface area (Å²) in [6, 6.07) is 5.47. The highest BCUT2D eigenvalue weighted by Gasteiger charge is 2.08. The summed E-state index contributed by atoms with van der Waals surface area (Å²) >= 11 is 6.01. The fraction of sp³-hybridized carbons (Fsp3) is 0.167. The van der Waals surface area contributed by atoms with Crippen molar-refractivity contribution in [3.8, 4) is 11.6 Å². The van der Waals surface area contributed by atoms with Crippen LogP contribution < -0.4 is 10.1 Å². The van der Waals surface area contributed by atoms with Gasteiger partial charge in [-0.2, -0.15) is 4.98 Å². The molecule has 94 valence electrons. The monoisotopic (exact) mass is 265 g/mol. The SMILES string of the molecule is COc1cnc(Nc2cccc(Cl)c2C)nc1O. The number of nitrogens with one attached hydrogen (secondary N) is 1. The first-order valence-corrected chi connectivity index (χ1v) is 5.61. The molecule has 1 aromatic heterocycles. The van der Waals surface area contributed by atoms with Gasteiger partial charge >= 0.3 is 0 Å². The molecule has 0 aliphatic rings. The molecule has 0 fully saturated rings. The van der Waals surface area contributed by atoms with Crippen molar-refractivity contribution in [2.24, 2.45) is 0 Å². The third-order valence-electron chi connectivity index (χ3n) is 2.47. The van der Waals surface area contributed by atoms with Gasteiger partial charge in [-0.15, -0.1) is 0 Å². The molecule has 0 atom stereocenters. The highest BCUT2D eigenvalue weighted by atomic mass is 35.5. The summed E-state index contributed by atoms with van der Waals surface area (Å²) in [5.41, 5.74) is 1.67. The molecule has 2 aromatic rings. The van der Waals surface area contributed by atoms with Gasteiger partial charge in [-0.25, -0.2) is 4.98 Å². The van der Waals surface area contributed by atoms with Gasteiger partial charge in [0.25, 0.3) is 5.88 Å². The number of nitrogens with zero attached hydrogens (tertiary/aromatic N) is 2. The molecular weight excluding hydrogens is 254 g/mol. The van der Waals surface area contributed by atoms with Crippen LogP contribution in [-0.2, 0) is 0 Å². The Kier molecular flexibility index (Phi) is 3.53. The van der Waals surface area contributed by atoms with Gasteiger partial charge in [-0.3, -0.25) is 0 Å². The summed E-state index contributed by atoms with van der Waals surface area (Å²) in [7, 11) is 1.44. The van der Waals surface area contributed by atoms with E-state index in [1.165, 1.54) is 13.3 Å². The molecule has 0 aliphatic heterocycles. The first-order chi connectivity index (χ1) is 8.61. The normalized spacial score (nSPS) is 10.2. The maximum absolute atomic E-state index is 9.55. The summed E-state index contributed by atoms with van der Waals surface area (Å²) in [4.78, 5) is 7.90. The van der Waals surface area contributed by atoms with E-state index in [-0.39, 0.29) is 17.6 Å². The molecule has 2 N–H and O–H groups in total. The van der Waals surface area contributed by atoms with Gasteiger partial charge in [-0.1, -0.05) is 17.7 Å². The molecule has 6 heteroatoms. The summed E-state index contributed by atoms with van der Waals surface area (Å²) in [5.74, 6) is 0.289. The summed E-state index contributed by atoms with van der Waals surface area (Å²) in [6.45, 7) is 1.88. The van der Waals surface area contributed by atoms with Gasteiger partial charge in [0.15, 0.2) is 5.75 Å². The minimum absolute atomic E-state index is 0.213. The standard InChI is InChI=1S/C12H12ClN3O2/c1-7-8(13)4-3-5-9(7)15-12-14-6-10(18-2)11(17)16-12/h3-6H,1-2H3,(H2,14,15,16,17). The molecule has 0 spiro atoms. The van der Waals surface area contributed by atoms with Gasteiger partial charge in [0, 0.05) is 10.7 Å². The molecular formula is C12H12ClN3O2. The van der Waals surface area contributed by atoms with E-state index in [1.807, 2.05) is 19.1 Å². The summed E-state index contributed by atoms with van der Waals surface area (Å²) in [5, 5.41) is 13.2. The molecule has 18 heavy (non-hydrogen) atoms. The molecule has 0 bridgehead atoms. The van der Waals surface area contributed by atoms with Crippen LogP contribution in [0.2, 0.25) is 5.02 Å². The van der Waals surface area contributed by atoms with E-state index < -0.39 is 0 Å². The Labute approximate surface area is 109 Å². The quantitative estimate of drug-likeness (QED) is 0.893. The second-order valence-electron chi connectivity index (χ2n) is 3.62. The van der Waals surface area contributed by atoms with Gasteiger partial charge in [-0.05, 0) is 24.6 Å². The second kappa shape index (κ2) is 5.10. The third-order valence-corrected chi connectivity index (χ3v) is 2.88. The van der Waals surface area contributed by atoms with Crippen LogP contribution in [-0.4, -0.2) is 22.2 Å². The van der Waals surface area contributed by atoms with Crippen molar-refractivity contribution in [1.82, 2.24) is 9.97 Å². The van der Waals surface area contributed by atoms with Crippen LogP contribution in [0.15, 0.2) is 24.4 Å². The zero-order valence-corrected chi connectivity index (χ0v) is 10.7. The van der Waals surface area contributed by atoms with Crippen LogP contribution in [0, 0.1) is 6.92 Å². The molecule has 5 nitrogen and oxygen atoms in total. The van der Waals surface area contributed by atoms with Crippen LogP contribution in [0.5, 0.6) is 11.6 Å². The maximum atomic E-state index is 9.55. The smallest absolute Gasteiger partial charge is 0.259 e. The van der Waals surface area contributed by atoms with Crippen LogP contribution in [0.25, 0.3) is 0 Å². The lowest BCUT2D eigenvalue weighted by Gasteiger charge is -2.10. The zero-order valence-electron chi connectivity index (χ0n) is 9.94. The number of aromatic hydroxyl groups is 1. The summed E-state index contributed by atoms with van der Waals surface area (Å²) in [6.07, 6.45) is 1.39. The number of benzene rings is 1. The fourth-order valence-corrected chi connectivity index (χ4v) is 1.60. The first-order valence-electron chi connectivity index (χ1n) is 5.24. The second-order valence-corrected chi connectivity index (χ2v) is 4.03. The van der Waals surface area contributed by atoms with Crippen LogP contribution >= 0.6 is 11.6 Å². The Balaban J connectivity index is 2.29. The van der Waals surface area contributed by atoms with Crippen LogP contribution in [0.1, 0.15) is 5.56 Å². The lowest BCUT2D eigenvalue weighted by atomic mass is 10.2. The Morgan fingerprint density at radius 1 is 1.39 bits per heavy atom. The Bertz CT molecular complexity index is 575. The van der Waals surface area contributed by atoms with Crippen molar-refractivity contribution in [2.75, 3.05) is 12.4 Å². The van der Waals surface area contributed by atoms with Gasteiger partial charge < -0.3 is 15.2 Å². The molecule has 1 heterocycles. The van der Waals surface area contributed by atoms with E-state index in [0.29, 0.717) is 5.02 Å². The number of anilines is 2. The average molecular weight is 266 g/mol. The Morgan fingerprint density at radius 3 is 2.83 bits per heavy atom. The predicted octanol–water partition coefficient (Wildman–Crippen LogP) is 2.90. The van der Waals surface area contributed by atoms with E-state index in [9.17, 15) is 5.11 Å². The highest BCUT2D eigenvalue weighted by Crippen LogP contribution is 2.27.